The Hall–Kier alpha value is -2.64. The number of carbonyl (C=O) groups is 1. The van der Waals surface area contributed by atoms with Crippen LogP contribution in [0.25, 0.3) is 5.65 Å². The van der Waals surface area contributed by atoms with Gasteiger partial charge in [0.1, 0.15) is 17.8 Å². The Morgan fingerprint density at radius 3 is 2.71 bits per heavy atom. The highest BCUT2D eigenvalue weighted by Crippen LogP contribution is 2.24. The molecule has 24 heavy (non-hydrogen) atoms. The van der Waals surface area contributed by atoms with Gasteiger partial charge >= 0.3 is 5.97 Å². The molecule has 0 fully saturated rings. The number of ether oxygens (including phenoxy) is 1. The average Bonchev–Trinajstić information content (AvgIpc) is 2.94. The molecule has 122 valence electrons. The molecule has 0 N–H and O–H groups in total. The van der Waals surface area contributed by atoms with Crippen molar-refractivity contribution in [2.45, 2.75) is 6.61 Å². The van der Waals surface area contributed by atoms with Gasteiger partial charge in [-0.05, 0) is 24.3 Å². The number of nitro benzene ring substituents is 1. The molecule has 3 rings (SSSR count). The third-order valence-corrected chi connectivity index (χ3v) is 3.65. The lowest BCUT2D eigenvalue weighted by molar-refractivity contribution is -0.385. The summed E-state index contributed by atoms with van der Waals surface area (Å²) in [5, 5.41) is 11.7. The summed E-state index contributed by atoms with van der Waals surface area (Å²) in [6.07, 6.45) is 3.32. The van der Waals surface area contributed by atoms with E-state index >= 15 is 0 Å². The van der Waals surface area contributed by atoms with E-state index in [2.05, 4.69) is 4.98 Å². The largest absolute Gasteiger partial charge is 0.455 e. The predicted octanol–water partition coefficient (Wildman–Crippen LogP) is 3.91. The minimum atomic E-state index is -0.848. The Balaban J connectivity index is 1.79. The van der Waals surface area contributed by atoms with E-state index in [0.29, 0.717) is 16.4 Å². The van der Waals surface area contributed by atoms with Crippen LogP contribution in [-0.2, 0) is 11.3 Å². The van der Waals surface area contributed by atoms with Crippen LogP contribution >= 0.6 is 23.2 Å². The van der Waals surface area contributed by atoms with Gasteiger partial charge in [0.15, 0.2) is 0 Å². The molecule has 0 atom stereocenters. The topological polar surface area (TPSA) is 86.7 Å². The van der Waals surface area contributed by atoms with E-state index in [4.69, 9.17) is 27.9 Å². The number of rotatable bonds is 4. The molecule has 1 aromatic carbocycles. The van der Waals surface area contributed by atoms with Crippen LogP contribution in [0.2, 0.25) is 10.0 Å². The number of fused-ring (bicyclic) bond motifs is 1. The van der Waals surface area contributed by atoms with Crippen LogP contribution in [-0.4, -0.2) is 20.3 Å². The lowest BCUT2D eigenvalue weighted by Gasteiger charge is -2.04. The fourth-order valence-electron chi connectivity index (χ4n) is 2.13. The summed E-state index contributed by atoms with van der Waals surface area (Å²) in [5.41, 5.74) is 0.542. The number of halogens is 2. The van der Waals surface area contributed by atoms with Crippen molar-refractivity contribution in [2.24, 2.45) is 0 Å². The summed E-state index contributed by atoms with van der Waals surface area (Å²) < 4.78 is 6.80. The number of carbonyl (C=O) groups excluding carboxylic acids is 1. The molecule has 0 aliphatic heterocycles. The molecule has 7 nitrogen and oxygen atoms in total. The number of hydrogen-bond donors (Lipinski definition) is 0. The molecule has 9 heteroatoms. The minimum absolute atomic E-state index is 0.137. The van der Waals surface area contributed by atoms with E-state index in [1.54, 1.807) is 28.9 Å². The van der Waals surface area contributed by atoms with Gasteiger partial charge in [0.2, 0.25) is 0 Å². The Kier molecular flexibility index (Phi) is 4.37. The molecule has 3 aromatic rings. The van der Waals surface area contributed by atoms with Crippen LogP contribution < -0.4 is 0 Å². The Bertz CT molecular complexity index is 955. The smallest absolute Gasteiger partial charge is 0.345 e. The van der Waals surface area contributed by atoms with E-state index in [1.807, 2.05) is 0 Å². The van der Waals surface area contributed by atoms with Crippen molar-refractivity contribution in [1.82, 2.24) is 9.38 Å². The lowest BCUT2D eigenvalue weighted by Crippen LogP contribution is -2.08. The quantitative estimate of drug-likeness (QED) is 0.397. The molecule has 0 aliphatic rings. The number of nitro groups is 1. The second-order valence-electron chi connectivity index (χ2n) is 4.84. The highest BCUT2D eigenvalue weighted by atomic mass is 35.5. The zero-order valence-corrected chi connectivity index (χ0v) is 13.5. The SMILES string of the molecule is O=C(OCc1cn2cc(Cl)ccc2n1)c1cc(Cl)ccc1[N+](=O)[O-]. The number of aromatic nitrogens is 2. The van der Waals surface area contributed by atoms with Crippen molar-refractivity contribution in [3.05, 3.63) is 74.1 Å². The lowest BCUT2D eigenvalue weighted by atomic mass is 10.2. The molecule has 2 aromatic heterocycles. The number of benzene rings is 1. The molecule has 0 bridgehead atoms. The number of esters is 1. The van der Waals surface area contributed by atoms with Gasteiger partial charge in [-0.1, -0.05) is 23.2 Å². The monoisotopic (exact) mass is 365 g/mol. The molecule has 0 radical (unpaired) electrons. The second kappa shape index (κ2) is 6.46. The number of imidazole rings is 1. The fraction of sp³-hybridized carbons (Fsp3) is 0.0667. The van der Waals surface area contributed by atoms with Crippen LogP contribution in [0.4, 0.5) is 5.69 Å². The second-order valence-corrected chi connectivity index (χ2v) is 5.71. The maximum absolute atomic E-state index is 12.1. The van der Waals surface area contributed by atoms with Crippen molar-refractivity contribution in [1.29, 1.82) is 0 Å². The van der Waals surface area contributed by atoms with E-state index in [1.165, 1.54) is 12.1 Å². The molecule has 2 heterocycles. The number of pyridine rings is 1. The Morgan fingerprint density at radius 1 is 1.21 bits per heavy atom. The van der Waals surface area contributed by atoms with E-state index in [-0.39, 0.29) is 22.9 Å². The van der Waals surface area contributed by atoms with E-state index in [9.17, 15) is 14.9 Å². The van der Waals surface area contributed by atoms with Crippen LogP contribution in [0, 0.1) is 10.1 Å². The first-order valence-corrected chi connectivity index (χ1v) is 7.44. The summed E-state index contributed by atoms with van der Waals surface area (Å²) in [6, 6.07) is 7.10. The van der Waals surface area contributed by atoms with Crippen molar-refractivity contribution in [3.63, 3.8) is 0 Å². The zero-order valence-electron chi connectivity index (χ0n) is 12.0. The van der Waals surface area contributed by atoms with Gasteiger partial charge in [-0.15, -0.1) is 0 Å². The third-order valence-electron chi connectivity index (χ3n) is 3.19. The zero-order chi connectivity index (χ0) is 17.3. The molecule has 0 saturated heterocycles. The first kappa shape index (κ1) is 16.2. The molecule has 0 unspecified atom stereocenters. The Labute approximate surface area is 145 Å². The van der Waals surface area contributed by atoms with Gasteiger partial charge in [0.05, 0.1) is 15.6 Å². The van der Waals surface area contributed by atoms with Gasteiger partial charge in [-0.3, -0.25) is 10.1 Å². The molecular formula is C15H9Cl2N3O4. The van der Waals surface area contributed by atoms with Gasteiger partial charge < -0.3 is 9.14 Å². The van der Waals surface area contributed by atoms with Gasteiger partial charge in [-0.2, -0.15) is 0 Å². The summed E-state index contributed by atoms with van der Waals surface area (Å²) >= 11 is 11.7. The molecule has 0 spiro atoms. The highest BCUT2D eigenvalue weighted by molar-refractivity contribution is 6.31. The van der Waals surface area contributed by atoms with Crippen molar-refractivity contribution < 1.29 is 14.5 Å². The molecule has 0 amide bonds. The van der Waals surface area contributed by atoms with E-state index in [0.717, 1.165) is 6.07 Å². The highest BCUT2D eigenvalue weighted by Gasteiger charge is 2.22. The molecule has 0 saturated carbocycles. The minimum Gasteiger partial charge on any atom is -0.455 e. The summed E-state index contributed by atoms with van der Waals surface area (Å²) in [4.78, 5) is 26.7. The average molecular weight is 366 g/mol. The maximum atomic E-state index is 12.1. The summed E-state index contributed by atoms with van der Waals surface area (Å²) in [5.74, 6) is -0.848. The van der Waals surface area contributed by atoms with Crippen LogP contribution in [0.3, 0.4) is 0 Å². The van der Waals surface area contributed by atoms with Gasteiger partial charge in [0, 0.05) is 23.5 Å². The van der Waals surface area contributed by atoms with Crippen molar-refractivity contribution >= 4 is 40.5 Å². The molecule has 0 aliphatic carbocycles. The standard InChI is InChI=1S/C15H9Cl2N3O4/c16-9-1-3-13(20(22)23)12(5-9)15(21)24-8-11-7-19-6-10(17)2-4-14(19)18-11/h1-7H,8H2. The van der Waals surface area contributed by atoms with Crippen LogP contribution in [0.15, 0.2) is 42.7 Å². The van der Waals surface area contributed by atoms with Gasteiger partial charge in [-0.25, -0.2) is 9.78 Å². The predicted molar refractivity (Wildman–Crippen MR) is 87.4 cm³/mol. The van der Waals surface area contributed by atoms with Gasteiger partial charge in [0.25, 0.3) is 5.69 Å². The molecular weight excluding hydrogens is 357 g/mol. The van der Waals surface area contributed by atoms with Crippen molar-refractivity contribution in [2.75, 3.05) is 0 Å². The van der Waals surface area contributed by atoms with E-state index < -0.39 is 10.9 Å². The van der Waals surface area contributed by atoms with Crippen LogP contribution in [0.1, 0.15) is 16.1 Å². The first-order chi connectivity index (χ1) is 11.4. The Morgan fingerprint density at radius 2 is 1.96 bits per heavy atom. The maximum Gasteiger partial charge on any atom is 0.345 e. The van der Waals surface area contributed by atoms with Crippen molar-refractivity contribution in [3.8, 4) is 0 Å². The summed E-state index contributed by atoms with van der Waals surface area (Å²) in [7, 11) is 0. The third kappa shape index (κ3) is 3.32. The summed E-state index contributed by atoms with van der Waals surface area (Å²) in [6.45, 7) is -0.137. The fourth-order valence-corrected chi connectivity index (χ4v) is 2.48. The van der Waals surface area contributed by atoms with Crippen LogP contribution in [0.5, 0.6) is 0 Å². The number of hydrogen-bond acceptors (Lipinski definition) is 5. The number of nitrogens with zero attached hydrogens (tertiary/aromatic N) is 3. The first-order valence-electron chi connectivity index (χ1n) is 6.68. The normalized spacial score (nSPS) is 10.8.